The number of imide groups is 1. The molecule has 2 aromatic rings. The summed E-state index contributed by atoms with van der Waals surface area (Å²) in [7, 11) is 0. The van der Waals surface area contributed by atoms with Crippen molar-refractivity contribution < 1.29 is 19.1 Å². The molecule has 2 saturated carbocycles. The van der Waals surface area contributed by atoms with E-state index in [1.807, 2.05) is 19.9 Å². The number of esters is 1. The van der Waals surface area contributed by atoms with E-state index in [1.165, 1.54) is 4.90 Å². The average molecular weight is 413 g/mol. The maximum atomic E-state index is 13.3. The van der Waals surface area contributed by atoms with E-state index in [-0.39, 0.29) is 35.5 Å². The zero-order valence-corrected chi connectivity index (χ0v) is 17.4. The summed E-state index contributed by atoms with van der Waals surface area (Å²) in [4.78, 5) is 40.7. The van der Waals surface area contributed by atoms with Gasteiger partial charge in [-0.05, 0) is 85.4 Å². The van der Waals surface area contributed by atoms with Crippen LogP contribution in [0, 0.1) is 49.4 Å². The lowest BCUT2D eigenvalue weighted by Crippen LogP contribution is -2.40. The van der Waals surface area contributed by atoms with Crippen LogP contribution in [0.2, 0.25) is 0 Å². The van der Waals surface area contributed by atoms with Crippen LogP contribution >= 0.6 is 0 Å². The number of rotatable bonds is 3. The molecule has 1 heterocycles. The van der Waals surface area contributed by atoms with Crippen LogP contribution < -0.4 is 9.64 Å². The van der Waals surface area contributed by atoms with Gasteiger partial charge in [0.25, 0.3) is 0 Å². The van der Waals surface area contributed by atoms with Crippen molar-refractivity contribution >= 4 is 23.5 Å². The molecule has 3 fully saturated rings. The van der Waals surface area contributed by atoms with Crippen LogP contribution in [0.1, 0.15) is 27.9 Å². The van der Waals surface area contributed by atoms with Gasteiger partial charge in [0.05, 0.1) is 23.1 Å². The number of benzene rings is 2. The van der Waals surface area contributed by atoms with Gasteiger partial charge in [-0.2, -0.15) is 0 Å². The van der Waals surface area contributed by atoms with Crippen molar-refractivity contribution in [2.24, 2.45) is 35.5 Å². The van der Waals surface area contributed by atoms with Crippen molar-refractivity contribution in [1.82, 2.24) is 0 Å². The zero-order valence-electron chi connectivity index (χ0n) is 17.4. The van der Waals surface area contributed by atoms with E-state index in [9.17, 15) is 14.4 Å². The molecule has 1 aliphatic heterocycles. The Kier molecular flexibility index (Phi) is 3.83. The standard InChI is InChI=1S/C26H23NO4/c1-13-8-14(2)10-17(9-13)31-26(30)15-4-3-5-16(11-15)27-24(28)22-18-6-7-19(21-12-20(18)21)23(22)25(27)29/h3-11,18-23H,12H2,1-2H3/t18-,19-,20-,21-,22+,23+/m0/s1. The van der Waals surface area contributed by atoms with Crippen molar-refractivity contribution in [2.75, 3.05) is 4.90 Å². The molecule has 0 unspecified atom stereocenters. The first-order valence-corrected chi connectivity index (χ1v) is 10.9. The van der Waals surface area contributed by atoms with Gasteiger partial charge in [-0.1, -0.05) is 24.3 Å². The molecule has 4 aliphatic carbocycles. The molecule has 0 radical (unpaired) electrons. The minimum atomic E-state index is -0.508. The Balaban J connectivity index is 1.28. The van der Waals surface area contributed by atoms with Crippen LogP contribution in [0.15, 0.2) is 54.6 Å². The van der Waals surface area contributed by atoms with E-state index in [1.54, 1.807) is 36.4 Å². The maximum absolute atomic E-state index is 13.3. The van der Waals surface area contributed by atoms with Crippen LogP contribution in [0.5, 0.6) is 5.75 Å². The van der Waals surface area contributed by atoms with Crippen LogP contribution in [0.4, 0.5) is 5.69 Å². The van der Waals surface area contributed by atoms with Gasteiger partial charge in [0.2, 0.25) is 11.8 Å². The largest absolute Gasteiger partial charge is 0.423 e. The molecule has 31 heavy (non-hydrogen) atoms. The second-order valence-corrected chi connectivity index (χ2v) is 9.43. The number of aryl methyl sites for hydroxylation is 2. The fourth-order valence-electron chi connectivity index (χ4n) is 6.14. The predicted octanol–water partition coefficient (Wildman–Crippen LogP) is 4.08. The number of allylic oxidation sites excluding steroid dienone is 2. The van der Waals surface area contributed by atoms with E-state index in [0.717, 1.165) is 17.5 Å². The summed E-state index contributed by atoms with van der Waals surface area (Å²) < 4.78 is 5.55. The molecule has 5 nitrogen and oxygen atoms in total. The second kappa shape index (κ2) is 6.39. The Bertz CT molecular complexity index is 1130. The topological polar surface area (TPSA) is 63.7 Å². The summed E-state index contributed by atoms with van der Waals surface area (Å²) in [6.07, 6.45) is 5.45. The lowest BCUT2D eigenvalue weighted by Gasteiger charge is -2.37. The van der Waals surface area contributed by atoms with Gasteiger partial charge in [0.15, 0.2) is 0 Å². The molecule has 2 bridgehead atoms. The summed E-state index contributed by atoms with van der Waals surface area (Å²) in [5.41, 5.74) is 2.78. The van der Waals surface area contributed by atoms with Crippen molar-refractivity contribution in [3.05, 3.63) is 71.3 Å². The highest BCUT2D eigenvalue weighted by molar-refractivity contribution is 6.23. The molecule has 156 valence electrons. The summed E-state index contributed by atoms with van der Waals surface area (Å²) in [6.45, 7) is 3.89. The lowest BCUT2D eigenvalue weighted by atomic mass is 9.63. The van der Waals surface area contributed by atoms with Crippen LogP contribution in [0.3, 0.4) is 0 Å². The number of anilines is 1. The summed E-state index contributed by atoms with van der Waals surface area (Å²) in [5.74, 6) is 0.700. The Morgan fingerprint density at radius 2 is 1.52 bits per heavy atom. The number of ether oxygens (including phenoxy) is 1. The molecular weight excluding hydrogens is 390 g/mol. The van der Waals surface area contributed by atoms with Crippen LogP contribution in [-0.4, -0.2) is 17.8 Å². The van der Waals surface area contributed by atoms with E-state index in [4.69, 9.17) is 4.74 Å². The number of carbonyl (C=O) groups is 3. The van der Waals surface area contributed by atoms with Gasteiger partial charge >= 0.3 is 5.97 Å². The van der Waals surface area contributed by atoms with Gasteiger partial charge in [-0.3, -0.25) is 9.59 Å². The molecule has 5 heteroatoms. The minimum Gasteiger partial charge on any atom is -0.423 e. The predicted molar refractivity (Wildman–Crippen MR) is 115 cm³/mol. The summed E-state index contributed by atoms with van der Waals surface area (Å²) in [5, 5.41) is 0. The Morgan fingerprint density at radius 3 is 2.13 bits per heavy atom. The highest BCUT2D eigenvalue weighted by Gasteiger charge is 2.67. The third kappa shape index (κ3) is 2.72. The fraction of sp³-hybridized carbons (Fsp3) is 0.346. The van der Waals surface area contributed by atoms with Crippen molar-refractivity contribution in [3.63, 3.8) is 0 Å². The van der Waals surface area contributed by atoms with Crippen LogP contribution in [-0.2, 0) is 9.59 Å². The number of nitrogens with zero attached hydrogens (tertiary/aromatic N) is 1. The number of hydrogen-bond acceptors (Lipinski definition) is 4. The highest BCUT2D eigenvalue weighted by Crippen LogP contribution is 2.65. The normalized spacial score (nSPS) is 32.1. The Morgan fingerprint density at radius 1 is 0.903 bits per heavy atom. The minimum absolute atomic E-state index is 0.125. The van der Waals surface area contributed by atoms with Gasteiger partial charge in [0.1, 0.15) is 5.75 Å². The number of hydrogen-bond donors (Lipinski definition) is 0. The first kappa shape index (κ1) is 18.6. The SMILES string of the molecule is Cc1cc(C)cc(OC(=O)c2cccc(N3C(=O)[C@@H]4[C@H]5C=C[C@@H]([C@@H]6C[C@@H]56)[C@H]4C3=O)c2)c1. The monoisotopic (exact) mass is 413 g/mol. The third-order valence-electron chi connectivity index (χ3n) is 7.41. The molecule has 1 saturated heterocycles. The van der Waals surface area contributed by atoms with Gasteiger partial charge in [-0.25, -0.2) is 9.69 Å². The Hall–Kier alpha value is -3.21. The second-order valence-electron chi connectivity index (χ2n) is 9.43. The smallest absolute Gasteiger partial charge is 0.343 e. The fourth-order valence-corrected chi connectivity index (χ4v) is 6.14. The Labute approximate surface area is 180 Å². The molecule has 0 N–H and O–H groups in total. The molecule has 6 atom stereocenters. The quantitative estimate of drug-likeness (QED) is 0.329. The molecule has 2 amide bonds. The van der Waals surface area contributed by atoms with E-state index < -0.39 is 5.97 Å². The van der Waals surface area contributed by atoms with Crippen molar-refractivity contribution in [3.8, 4) is 5.75 Å². The van der Waals surface area contributed by atoms with E-state index in [0.29, 0.717) is 28.8 Å². The first-order valence-electron chi connectivity index (χ1n) is 10.9. The van der Waals surface area contributed by atoms with E-state index in [2.05, 4.69) is 12.2 Å². The maximum Gasteiger partial charge on any atom is 0.343 e. The number of amides is 2. The van der Waals surface area contributed by atoms with Crippen LogP contribution in [0.25, 0.3) is 0 Å². The summed E-state index contributed by atoms with van der Waals surface area (Å²) in [6, 6.07) is 12.3. The average Bonchev–Trinajstić information content (AvgIpc) is 3.51. The third-order valence-corrected chi connectivity index (χ3v) is 7.41. The molecule has 2 aromatic carbocycles. The van der Waals surface area contributed by atoms with Crippen molar-refractivity contribution in [1.29, 1.82) is 0 Å². The molecular formula is C26H23NO4. The highest BCUT2D eigenvalue weighted by atomic mass is 16.5. The summed E-state index contributed by atoms with van der Waals surface area (Å²) >= 11 is 0. The van der Waals surface area contributed by atoms with Gasteiger partial charge < -0.3 is 4.74 Å². The zero-order chi connectivity index (χ0) is 21.4. The number of carbonyl (C=O) groups excluding carboxylic acids is 3. The molecule has 5 aliphatic rings. The molecule has 0 aromatic heterocycles. The van der Waals surface area contributed by atoms with E-state index >= 15 is 0 Å². The molecule has 0 spiro atoms. The van der Waals surface area contributed by atoms with Gasteiger partial charge in [0, 0.05) is 0 Å². The van der Waals surface area contributed by atoms with Crippen molar-refractivity contribution in [2.45, 2.75) is 20.3 Å². The lowest BCUT2D eigenvalue weighted by molar-refractivity contribution is -0.124. The van der Waals surface area contributed by atoms with Gasteiger partial charge in [-0.15, -0.1) is 0 Å². The molecule has 7 rings (SSSR count). The first-order chi connectivity index (χ1) is 14.9.